The Morgan fingerprint density at radius 1 is 1.11 bits per heavy atom. The highest BCUT2D eigenvalue weighted by Gasteiger charge is 2.36. The Morgan fingerprint density at radius 3 is 2.51 bits per heavy atom. The topological polar surface area (TPSA) is 110 Å². The molecule has 1 unspecified atom stereocenters. The lowest BCUT2D eigenvalue weighted by molar-refractivity contribution is -0.126. The number of ether oxygens (including phenoxy) is 2. The van der Waals surface area contributed by atoms with Crippen LogP contribution in [0.2, 0.25) is 5.02 Å². The van der Waals surface area contributed by atoms with Crippen molar-refractivity contribution in [3.8, 4) is 11.5 Å². The summed E-state index contributed by atoms with van der Waals surface area (Å²) in [5.74, 6) is -0.201. The van der Waals surface area contributed by atoms with E-state index < -0.39 is 5.92 Å². The summed E-state index contributed by atoms with van der Waals surface area (Å²) in [6, 6.07) is 13.5. The Labute approximate surface area is 206 Å². The van der Waals surface area contributed by atoms with Crippen molar-refractivity contribution in [3.05, 3.63) is 71.1 Å². The summed E-state index contributed by atoms with van der Waals surface area (Å²) in [4.78, 5) is 39.0. The highest BCUT2D eigenvalue weighted by Crippen LogP contribution is 2.40. The second-order valence-corrected chi connectivity index (χ2v) is 8.32. The lowest BCUT2D eigenvalue weighted by atomic mass is 10.1. The molecular weight excluding hydrogens is 474 g/mol. The van der Waals surface area contributed by atoms with E-state index in [1.807, 2.05) is 0 Å². The normalized spacial score (nSPS) is 15.1. The second-order valence-electron chi connectivity index (χ2n) is 7.91. The second kappa shape index (κ2) is 10.5. The van der Waals surface area contributed by atoms with Gasteiger partial charge in [0.05, 0.1) is 37.1 Å². The summed E-state index contributed by atoms with van der Waals surface area (Å²) < 4.78 is 15.7. The van der Waals surface area contributed by atoms with Gasteiger partial charge in [0.25, 0.3) is 5.91 Å². The van der Waals surface area contributed by atoms with Crippen LogP contribution in [0.3, 0.4) is 0 Å². The predicted molar refractivity (Wildman–Crippen MR) is 130 cm³/mol. The highest BCUT2D eigenvalue weighted by molar-refractivity contribution is 6.32. The lowest BCUT2D eigenvalue weighted by Crippen LogP contribution is -2.32. The summed E-state index contributed by atoms with van der Waals surface area (Å²) in [5, 5.41) is 5.95. The molecule has 35 heavy (non-hydrogen) atoms. The van der Waals surface area contributed by atoms with Crippen molar-refractivity contribution in [2.75, 3.05) is 31.0 Å². The zero-order chi connectivity index (χ0) is 24.9. The van der Waals surface area contributed by atoms with Crippen molar-refractivity contribution in [3.63, 3.8) is 0 Å². The van der Waals surface area contributed by atoms with Crippen LogP contribution in [0.15, 0.2) is 59.2 Å². The molecule has 0 radical (unpaired) electrons. The van der Waals surface area contributed by atoms with Crippen LogP contribution in [0.25, 0.3) is 0 Å². The number of rotatable bonds is 8. The number of carbonyl (C=O) groups is 3. The quantitative estimate of drug-likeness (QED) is 0.489. The molecule has 2 heterocycles. The van der Waals surface area contributed by atoms with E-state index in [0.717, 1.165) is 5.56 Å². The zero-order valence-corrected chi connectivity index (χ0v) is 19.9. The van der Waals surface area contributed by atoms with Crippen LogP contribution in [0, 0.1) is 5.92 Å². The van der Waals surface area contributed by atoms with Crippen molar-refractivity contribution in [2.24, 2.45) is 5.92 Å². The van der Waals surface area contributed by atoms with Gasteiger partial charge in [-0.3, -0.25) is 14.4 Å². The zero-order valence-electron chi connectivity index (χ0n) is 19.2. The number of benzene rings is 2. The Balaban J connectivity index is 1.34. The van der Waals surface area contributed by atoms with Crippen LogP contribution in [0.5, 0.6) is 11.5 Å². The number of anilines is 2. The van der Waals surface area contributed by atoms with Crippen molar-refractivity contribution in [1.82, 2.24) is 5.32 Å². The van der Waals surface area contributed by atoms with Gasteiger partial charge in [0.15, 0.2) is 5.76 Å². The largest absolute Gasteiger partial charge is 0.495 e. The van der Waals surface area contributed by atoms with Crippen molar-refractivity contribution >= 4 is 40.7 Å². The molecule has 1 saturated heterocycles. The molecule has 3 amide bonds. The first kappa shape index (κ1) is 24.2. The number of hydrogen-bond donors (Lipinski definition) is 2. The first-order chi connectivity index (χ1) is 16.9. The molecule has 1 aliphatic rings. The molecule has 4 rings (SSSR count). The van der Waals surface area contributed by atoms with E-state index in [-0.39, 0.29) is 43.0 Å². The summed E-state index contributed by atoms with van der Waals surface area (Å²) in [7, 11) is 2.98. The van der Waals surface area contributed by atoms with Crippen molar-refractivity contribution in [2.45, 2.75) is 13.0 Å². The first-order valence-corrected chi connectivity index (χ1v) is 11.2. The molecule has 1 aromatic heterocycles. The molecule has 2 N–H and O–H groups in total. The highest BCUT2D eigenvalue weighted by atomic mass is 35.5. The predicted octanol–water partition coefficient (Wildman–Crippen LogP) is 3.87. The average molecular weight is 498 g/mol. The molecule has 0 saturated carbocycles. The number of furan rings is 1. The van der Waals surface area contributed by atoms with E-state index in [0.29, 0.717) is 27.9 Å². The standard InChI is InChI=1S/C25H24ClN3O6/c1-33-21-12-22(34-2)19(11-18(21)26)29-14-16(10-23(29)30)24(31)27-13-15-5-7-17(8-6-15)28-25(32)20-4-3-9-35-20/h3-9,11-12,16H,10,13-14H2,1-2H3,(H,27,31)(H,28,32). The van der Waals surface area contributed by atoms with E-state index in [4.69, 9.17) is 25.5 Å². The Hall–Kier alpha value is -3.98. The van der Waals surface area contributed by atoms with Crippen LogP contribution < -0.4 is 25.0 Å². The van der Waals surface area contributed by atoms with Gasteiger partial charge in [0, 0.05) is 31.3 Å². The maximum absolute atomic E-state index is 12.8. The molecular formula is C25H24ClN3O6. The molecule has 10 heteroatoms. The number of nitrogens with zero attached hydrogens (tertiary/aromatic N) is 1. The summed E-state index contributed by atoms with van der Waals surface area (Å²) >= 11 is 6.24. The molecule has 182 valence electrons. The molecule has 1 fully saturated rings. The van der Waals surface area contributed by atoms with E-state index in [9.17, 15) is 14.4 Å². The lowest BCUT2D eigenvalue weighted by Gasteiger charge is -2.21. The van der Waals surface area contributed by atoms with E-state index in [1.54, 1.807) is 48.5 Å². The smallest absolute Gasteiger partial charge is 0.291 e. The van der Waals surface area contributed by atoms with Gasteiger partial charge in [-0.1, -0.05) is 23.7 Å². The van der Waals surface area contributed by atoms with Crippen molar-refractivity contribution < 1.29 is 28.3 Å². The monoisotopic (exact) mass is 497 g/mol. The first-order valence-electron chi connectivity index (χ1n) is 10.8. The van der Waals surface area contributed by atoms with Crippen LogP contribution in [-0.2, 0) is 16.1 Å². The van der Waals surface area contributed by atoms with Gasteiger partial charge >= 0.3 is 0 Å². The van der Waals surface area contributed by atoms with Gasteiger partial charge in [0.1, 0.15) is 11.5 Å². The number of carbonyl (C=O) groups excluding carboxylic acids is 3. The number of amides is 3. The van der Waals surface area contributed by atoms with Gasteiger partial charge in [0.2, 0.25) is 11.8 Å². The van der Waals surface area contributed by atoms with Crippen LogP contribution >= 0.6 is 11.6 Å². The molecule has 9 nitrogen and oxygen atoms in total. The van der Waals surface area contributed by atoms with Gasteiger partial charge in [-0.05, 0) is 35.9 Å². The third-order valence-electron chi connectivity index (χ3n) is 5.66. The number of halogens is 1. The minimum atomic E-state index is -0.514. The number of nitrogens with one attached hydrogen (secondary N) is 2. The fourth-order valence-corrected chi connectivity index (χ4v) is 4.05. The van der Waals surface area contributed by atoms with Gasteiger partial charge < -0.3 is 29.4 Å². The third kappa shape index (κ3) is 5.41. The Kier molecular flexibility index (Phi) is 7.26. The fraction of sp³-hybridized carbons (Fsp3) is 0.240. The van der Waals surface area contributed by atoms with Gasteiger partial charge in [-0.25, -0.2) is 0 Å². The van der Waals surface area contributed by atoms with Crippen LogP contribution in [-0.4, -0.2) is 38.5 Å². The number of hydrogen-bond acceptors (Lipinski definition) is 6. The van der Waals surface area contributed by atoms with Gasteiger partial charge in [-0.2, -0.15) is 0 Å². The SMILES string of the molecule is COc1cc(OC)c(N2CC(C(=O)NCc3ccc(NC(=O)c4ccco4)cc3)CC2=O)cc1Cl. The molecule has 1 atom stereocenters. The third-order valence-corrected chi connectivity index (χ3v) is 5.96. The Bertz CT molecular complexity index is 1230. The molecule has 3 aromatic rings. The van der Waals surface area contributed by atoms with Crippen LogP contribution in [0.4, 0.5) is 11.4 Å². The van der Waals surface area contributed by atoms with Crippen LogP contribution in [0.1, 0.15) is 22.5 Å². The molecule has 2 aromatic carbocycles. The maximum atomic E-state index is 12.8. The number of methoxy groups -OCH3 is 2. The average Bonchev–Trinajstić information content (AvgIpc) is 3.53. The molecule has 0 spiro atoms. The minimum absolute atomic E-state index is 0.0797. The Morgan fingerprint density at radius 2 is 1.86 bits per heavy atom. The van der Waals surface area contributed by atoms with E-state index >= 15 is 0 Å². The fourth-order valence-electron chi connectivity index (χ4n) is 3.81. The molecule has 1 aliphatic heterocycles. The van der Waals surface area contributed by atoms with Crippen molar-refractivity contribution in [1.29, 1.82) is 0 Å². The summed E-state index contributed by atoms with van der Waals surface area (Å²) in [6.07, 6.45) is 1.51. The van der Waals surface area contributed by atoms with Gasteiger partial charge in [-0.15, -0.1) is 0 Å². The minimum Gasteiger partial charge on any atom is -0.495 e. The van der Waals surface area contributed by atoms with E-state index in [1.165, 1.54) is 25.4 Å². The summed E-state index contributed by atoms with van der Waals surface area (Å²) in [6.45, 7) is 0.495. The summed E-state index contributed by atoms with van der Waals surface area (Å²) in [5.41, 5.74) is 1.94. The molecule has 0 bridgehead atoms. The maximum Gasteiger partial charge on any atom is 0.291 e. The van der Waals surface area contributed by atoms with E-state index in [2.05, 4.69) is 10.6 Å². The molecule has 0 aliphatic carbocycles.